The number of hydrogen-bond donors (Lipinski definition) is 3. The van der Waals surface area contributed by atoms with E-state index in [1.54, 1.807) is 25.4 Å². The normalized spacial score (nSPS) is 12.1. The first-order valence-electron chi connectivity index (χ1n) is 7.37. The molecule has 3 rings (SSSR count). The molecular formula is C17H17FN4O2. The molecule has 1 aromatic heterocycles. The molecule has 0 fully saturated rings. The molecule has 0 saturated carbocycles. The summed E-state index contributed by atoms with van der Waals surface area (Å²) in [5.74, 6) is -0.660. The minimum atomic E-state index is -0.689. The fourth-order valence-corrected chi connectivity index (χ4v) is 2.55. The number of benzene rings is 2. The molecule has 1 heterocycles. The largest absolute Gasteiger partial charge is 0.494 e. The van der Waals surface area contributed by atoms with Crippen LogP contribution in [0, 0.1) is 5.82 Å². The summed E-state index contributed by atoms with van der Waals surface area (Å²) in [5, 5.41) is 13.4. The Labute approximate surface area is 138 Å². The van der Waals surface area contributed by atoms with Crippen LogP contribution in [0.1, 0.15) is 11.6 Å². The smallest absolute Gasteiger partial charge is 0.246 e. The number of halogens is 1. The van der Waals surface area contributed by atoms with Crippen molar-refractivity contribution in [3.8, 4) is 5.75 Å². The third-order valence-electron chi connectivity index (χ3n) is 3.77. The number of carbonyl (C=O) groups is 1. The number of fused-ring (bicyclic) bond motifs is 1. The monoisotopic (exact) mass is 328 g/mol. The average molecular weight is 328 g/mol. The fraction of sp³-hybridized carbons (Fsp3) is 0.176. The molecule has 6 nitrogen and oxygen atoms in total. The van der Waals surface area contributed by atoms with E-state index in [2.05, 4.69) is 20.8 Å². The number of likely N-dealkylation sites (N-methyl/N-ethyl adjacent to an activating group) is 1. The number of aromatic nitrogens is 2. The molecule has 0 aliphatic rings. The second kappa shape index (κ2) is 6.67. The number of aromatic amines is 1. The van der Waals surface area contributed by atoms with Gasteiger partial charge in [0.05, 0.1) is 18.8 Å². The van der Waals surface area contributed by atoms with Crippen LogP contribution in [0.5, 0.6) is 5.75 Å². The molecular weight excluding hydrogens is 311 g/mol. The minimum Gasteiger partial charge on any atom is -0.494 e. The van der Waals surface area contributed by atoms with Crippen molar-refractivity contribution in [3.05, 3.63) is 54.0 Å². The second-order valence-corrected chi connectivity index (χ2v) is 5.28. The van der Waals surface area contributed by atoms with Gasteiger partial charge in [0.25, 0.3) is 0 Å². The van der Waals surface area contributed by atoms with Crippen LogP contribution in [-0.4, -0.2) is 30.3 Å². The molecule has 0 radical (unpaired) electrons. The zero-order valence-corrected chi connectivity index (χ0v) is 13.3. The van der Waals surface area contributed by atoms with Crippen LogP contribution in [0.2, 0.25) is 0 Å². The first-order chi connectivity index (χ1) is 11.6. The van der Waals surface area contributed by atoms with Gasteiger partial charge in [0.2, 0.25) is 5.91 Å². The van der Waals surface area contributed by atoms with E-state index in [9.17, 15) is 9.18 Å². The highest BCUT2D eigenvalue weighted by atomic mass is 19.1. The van der Waals surface area contributed by atoms with Crippen molar-refractivity contribution >= 4 is 22.5 Å². The van der Waals surface area contributed by atoms with Crippen molar-refractivity contribution in [2.75, 3.05) is 19.5 Å². The van der Waals surface area contributed by atoms with Crippen LogP contribution < -0.4 is 15.4 Å². The quantitative estimate of drug-likeness (QED) is 0.673. The van der Waals surface area contributed by atoms with Crippen molar-refractivity contribution < 1.29 is 13.9 Å². The Morgan fingerprint density at radius 3 is 2.83 bits per heavy atom. The van der Waals surface area contributed by atoms with Crippen molar-refractivity contribution in [1.82, 2.24) is 15.5 Å². The van der Waals surface area contributed by atoms with Gasteiger partial charge in [0.1, 0.15) is 6.04 Å². The topological polar surface area (TPSA) is 79.0 Å². The van der Waals surface area contributed by atoms with E-state index >= 15 is 0 Å². The predicted octanol–water partition coefficient (Wildman–Crippen LogP) is 2.61. The molecule has 0 bridgehead atoms. The summed E-state index contributed by atoms with van der Waals surface area (Å²) >= 11 is 0. The Morgan fingerprint density at radius 1 is 1.29 bits per heavy atom. The van der Waals surface area contributed by atoms with Gasteiger partial charge >= 0.3 is 0 Å². The van der Waals surface area contributed by atoms with Gasteiger partial charge in [-0.15, -0.1) is 0 Å². The molecule has 3 N–H and O–H groups in total. The summed E-state index contributed by atoms with van der Waals surface area (Å²) in [7, 11) is 3.04. The number of nitrogens with zero attached hydrogens (tertiary/aromatic N) is 1. The molecule has 24 heavy (non-hydrogen) atoms. The summed E-state index contributed by atoms with van der Waals surface area (Å²) in [4.78, 5) is 12.5. The van der Waals surface area contributed by atoms with Crippen LogP contribution in [0.25, 0.3) is 10.9 Å². The highest BCUT2D eigenvalue weighted by Gasteiger charge is 2.20. The summed E-state index contributed by atoms with van der Waals surface area (Å²) in [5.41, 5.74) is 2.04. The Balaban J connectivity index is 1.81. The van der Waals surface area contributed by atoms with Crippen LogP contribution >= 0.6 is 0 Å². The van der Waals surface area contributed by atoms with Crippen molar-refractivity contribution in [1.29, 1.82) is 0 Å². The Hall–Kier alpha value is -2.93. The van der Waals surface area contributed by atoms with Crippen molar-refractivity contribution in [3.63, 3.8) is 0 Å². The molecule has 1 unspecified atom stereocenters. The molecule has 124 valence electrons. The van der Waals surface area contributed by atoms with Crippen molar-refractivity contribution in [2.45, 2.75) is 6.04 Å². The van der Waals surface area contributed by atoms with E-state index in [1.165, 1.54) is 19.2 Å². The van der Waals surface area contributed by atoms with E-state index in [1.807, 2.05) is 12.1 Å². The molecule has 3 aromatic rings. The van der Waals surface area contributed by atoms with Gasteiger partial charge in [-0.05, 0) is 42.9 Å². The molecule has 2 aromatic carbocycles. The second-order valence-electron chi connectivity index (χ2n) is 5.28. The highest BCUT2D eigenvalue weighted by molar-refractivity contribution is 5.97. The number of nitrogens with one attached hydrogen (secondary N) is 3. The predicted molar refractivity (Wildman–Crippen MR) is 89.5 cm³/mol. The third-order valence-corrected chi connectivity index (χ3v) is 3.77. The molecule has 0 aliphatic heterocycles. The average Bonchev–Trinajstić information content (AvgIpc) is 3.03. The number of carbonyl (C=O) groups excluding carboxylic acids is 1. The number of ether oxygens (including phenoxy) is 1. The molecule has 1 amide bonds. The first-order valence-corrected chi connectivity index (χ1v) is 7.37. The van der Waals surface area contributed by atoms with Crippen LogP contribution in [0.4, 0.5) is 10.1 Å². The SMILES string of the molecule is CNC(C(=O)Nc1ccc2[nH]ncc2c1)c1ccc(OC)c(F)c1. The Kier molecular flexibility index (Phi) is 4.43. The number of H-pyrrole nitrogens is 1. The summed E-state index contributed by atoms with van der Waals surface area (Å²) < 4.78 is 18.8. The lowest BCUT2D eigenvalue weighted by Gasteiger charge is -2.17. The van der Waals surface area contributed by atoms with Crippen LogP contribution in [-0.2, 0) is 4.79 Å². The lowest BCUT2D eigenvalue weighted by atomic mass is 10.1. The van der Waals surface area contributed by atoms with Gasteiger partial charge < -0.3 is 15.4 Å². The number of rotatable bonds is 5. The highest BCUT2D eigenvalue weighted by Crippen LogP contribution is 2.23. The van der Waals surface area contributed by atoms with E-state index < -0.39 is 11.9 Å². The lowest BCUT2D eigenvalue weighted by Crippen LogP contribution is -2.30. The van der Waals surface area contributed by atoms with Crippen molar-refractivity contribution in [2.24, 2.45) is 0 Å². The van der Waals surface area contributed by atoms with Gasteiger partial charge in [0, 0.05) is 11.1 Å². The molecule has 1 atom stereocenters. The number of hydrogen-bond acceptors (Lipinski definition) is 4. The van der Waals surface area contributed by atoms with Crippen LogP contribution in [0.15, 0.2) is 42.6 Å². The first kappa shape index (κ1) is 15.9. The lowest BCUT2D eigenvalue weighted by molar-refractivity contribution is -0.118. The Bertz CT molecular complexity index is 878. The zero-order chi connectivity index (χ0) is 17.1. The van der Waals surface area contributed by atoms with Gasteiger partial charge in [-0.3, -0.25) is 9.89 Å². The zero-order valence-electron chi connectivity index (χ0n) is 13.3. The molecule has 0 aliphatic carbocycles. The van der Waals surface area contributed by atoms with E-state index in [0.717, 1.165) is 10.9 Å². The molecule has 0 saturated heterocycles. The van der Waals surface area contributed by atoms with E-state index in [4.69, 9.17) is 4.74 Å². The number of amides is 1. The van der Waals surface area contributed by atoms with Gasteiger partial charge in [0.15, 0.2) is 11.6 Å². The van der Waals surface area contributed by atoms with Gasteiger partial charge in [-0.25, -0.2) is 4.39 Å². The molecule has 7 heteroatoms. The maximum absolute atomic E-state index is 13.9. The van der Waals surface area contributed by atoms with E-state index in [0.29, 0.717) is 11.3 Å². The number of methoxy groups -OCH3 is 1. The minimum absolute atomic E-state index is 0.138. The van der Waals surface area contributed by atoms with E-state index in [-0.39, 0.29) is 11.7 Å². The summed E-state index contributed by atoms with van der Waals surface area (Å²) in [6.45, 7) is 0. The Morgan fingerprint density at radius 2 is 2.12 bits per heavy atom. The van der Waals surface area contributed by atoms with Crippen LogP contribution in [0.3, 0.4) is 0 Å². The van der Waals surface area contributed by atoms with Gasteiger partial charge in [-0.2, -0.15) is 5.10 Å². The fourth-order valence-electron chi connectivity index (χ4n) is 2.55. The summed E-state index contributed by atoms with van der Waals surface area (Å²) in [6, 6.07) is 9.18. The summed E-state index contributed by atoms with van der Waals surface area (Å²) in [6.07, 6.45) is 1.68. The number of anilines is 1. The van der Waals surface area contributed by atoms with Gasteiger partial charge in [-0.1, -0.05) is 6.07 Å². The third kappa shape index (κ3) is 3.07. The maximum Gasteiger partial charge on any atom is 0.246 e. The molecule has 0 spiro atoms. The maximum atomic E-state index is 13.9. The standard InChI is InChI=1S/C17H17FN4O2/c1-19-16(10-3-6-15(24-2)13(18)8-10)17(23)21-12-4-5-14-11(7-12)9-20-22-14/h3-9,16,19H,1-2H3,(H,20,22)(H,21,23).